The molecule has 1 fully saturated rings. The highest BCUT2D eigenvalue weighted by Crippen LogP contribution is 2.33. The van der Waals surface area contributed by atoms with Gasteiger partial charge in [-0.2, -0.15) is 0 Å². The molecule has 1 N–H and O–H groups in total. The summed E-state index contributed by atoms with van der Waals surface area (Å²) in [5.41, 5.74) is 1.76. The van der Waals surface area contributed by atoms with Gasteiger partial charge in [-0.1, -0.05) is 12.1 Å². The Bertz CT molecular complexity index is 1390. The maximum atomic E-state index is 12.4. The zero-order valence-corrected chi connectivity index (χ0v) is 21.0. The fourth-order valence-electron chi connectivity index (χ4n) is 3.46. The summed E-state index contributed by atoms with van der Waals surface area (Å²) in [5.74, 6) is 1.89. The van der Waals surface area contributed by atoms with Crippen LogP contribution in [0.2, 0.25) is 0 Å². The van der Waals surface area contributed by atoms with Crippen LogP contribution < -0.4 is 24.3 Å². The average molecular weight is 522 g/mol. The van der Waals surface area contributed by atoms with Crippen LogP contribution in [0, 0.1) is 10.1 Å². The van der Waals surface area contributed by atoms with Crippen molar-refractivity contribution in [3.05, 3.63) is 86.8 Å². The number of nitrogens with zero attached hydrogens (tertiary/aromatic N) is 2. The lowest BCUT2D eigenvalue weighted by Gasteiger charge is -2.12. The molecule has 0 bridgehead atoms. The van der Waals surface area contributed by atoms with Gasteiger partial charge in [0.2, 0.25) is 0 Å². The molecule has 3 aromatic carbocycles. The first kappa shape index (κ1) is 25.6. The first-order valence-corrected chi connectivity index (χ1v) is 11.8. The first-order chi connectivity index (χ1) is 17.9. The van der Waals surface area contributed by atoms with Crippen LogP contribution in [0.1, 0.15) is 11.1 Å². The Morgan fingerprint density at radius 3 is 2.32 bits per heavy atom. The Labute approximate surface area is 217 Å². The van der Waals surface area contributed by atoms with Gasteiger partial charge in [-0.25, -0.2) is 4.99 Å². The zero-order chi connectivity index (χ0) is 26.4. The molecular weight excluding hydrogens is 498 g/mol. The average Bonchev–Trinajstić information content (AvgIpc) is 3.25. The summed E-state index contributed by atoms with van der Waals surface area (Å²) in [4.78, 5) is 27.9. The summed E-state index contributed by atoms with van der Waals surface area (Å²) in [6, 6.07) is 17.1. The molecule has 1 saturated heterocycles. The van der Waals surface area contributed by atoms with Crippen molar-refractivity contribution in [2.45, 2.75) is 6.61 Å². The minimum atomic E-state index is -0.547. The van der Waals surface area contributed by atoms with Crippen molar-refractivity contribution in [1.82, 2.24) is 5.32 Å². The molecule has 0 spiro atoms. The van der Waals surface area contributed by atoms with Crippen LogP contribution >= 0.6 is 11.8 Å². The normalized spacial score (nSPS) is 14.9. The smallest absolute Gasteiger partial charge is 0.313 e. The number of hydrogen-bond acceptors (Lipinski definition) is 9. The summed E-state index contributed by atoms with van der Waals surface area (Å²) >= 11 is 1.14. The second kappa shape index (κ2) is 11.5. The van der Waals surface area contributed by atoms with E-state index in [2.05, 4.69) is 10.3 Å². The van der Waals surface area contributed by atoms with Crippen molar-refractivity contribution < 1.29 is 28.7 Å². The first-order valence-electron chi connectivity index (χ1n) is 11.0. The molecule has 190 valence electrons. The number of nitrogens with one attached hydrogen (secondary N) is 1. The lowest BCUT2D eigenvalue weighted by Crippen LogP contribution is -2.19. The van der Waals surface area contributed by atoms with Gasteiger partial charge in [-0.3, -0.25) is 14.9 Å². The summed E-state index contributed by atoms with van der Waals surface area (Å²) in [6.45, 7) is 0.294. The van der Waals surface area contributed by atoms with Crippen LogP contribution in [0.15, 0.2) is 70.6 Å². The number of amides is 1. The maximum absolute atomic E-state index is 12.4. The molecule has 10 nitrogen and oxygen atoms in total. The monoisotopic (exact) mass is 521 g/mol. The fourth-order valence-corrected chi connectivity index (χ4v) is 4.30. The maximum Gasteiger partial charge on any atom is 0.313 e. The lowest BCUT2D eigenvalue weighted by molar-refractivity contribution is -0.385. The number of amidine groups is 1. The molecule has 0 unspecified atom stereocenters. The second-order valence-corrected chi connectivity index (χ2v) is 8.66. The van der Waals surface area contributed by atoms with E-state index in [1.165, 1.54) is 19.2 Å². The molecule has 0 atom stereocenters. The van der Waals surface area contributed by atoms with Crippen molar-refractivity contribution in [3.63, 3.8) is 0 Å². The largest absolute Gasteiger partial charge is 0.497 e. The molecule has 3 aromatic rings. The molecule has 1 heterocycles. The van der Waals surface area contributed by atoms with Gasteiger partial charge in [0.1, 0.15) is 23.9 Å². The second-order valence-electron chi connectivity index (χ2n) is 7.63. The van der Waals surface area contributed by atoms with Gasteiger partial charge < -0.3 is 24.3 Å². The van der Waals surface area contributed by atoms with Gasteiger partial charge in [0, 0.05) is 11.6 Å². The molecule has 0 aliphatic carbocycles. The highest BCUT2D eigenvalue weighted by molar-refractivity contribution is 8.18. The number of benzene rings is 3. The van der Waals surface area contributed by atoms with E-state index < -0.39 is 4.92 Å². The Morgan fingerprint density at radius 2 is 1.65 bits per heavy atom. The third-order valence-corrected chi connectivity index (χ3v) is 6.21. The summed E-state index contributed by atoms with van der Waals surface area (Å²) < 4.78 is 21.5. The molecule has 0 aromatic heterocycles. The predicted molar refractivity (Wildman–Crippen MR) is 141 cm³/mol. The van der Waals surface area contributed by atoms with E-state index in [4.69, 9.17) is 18.9 Å². The number of aliphatic imine (C=N–C) groups is 1. The number of rotatable bonds is 9. The standard InChI is InChI=1S/C26H23N3O7S/c1-33-20-9-11-22(34-2)17(13-20)15-36-19-7-4-16(5-8-19)12-24-25(30)28-26(37-24)27-18-6-10-23(35-3)21(14-18)29(31)32/h4-14H,15H2,1-3H3,(H,27,28,30)/b24-12-. The van der Waals surface area contributed by atoms with Crippen LogP contribution in [0.4, 0.5) is 11.4 Å². The predicted octanol–water partition coefficient (Wildman–Crippen LogP) is 5.09. The molecule has 1 aliphatic rings. The van der Waals surface area contributed by atoms with Crippen molar-refractivity contribution in [3.8, 4) is 23.0 Å². The van der Waals surface area contributed by atoms with E-state index in [9.17, 15) is 14.9 Å². The van der Waals surface area contributed by atoms with E-state index >= 15 is 0 Å². The highest BCUT2D eigenvalue weighted by Gasteiger charge is 2.24. The number of carbonyl (C=O) groups excluding carboxylic acids is 1. The van der Waals surface area contributed by atoms with Gasteiger partial charge in [0.05, 0.1) is 36.8 Å². The number of nitro benzene ring substituents is 1. The molecule has 0 saturated carbocycles. The van der Waals surface area contributed by atoms with Gasteiger partial charge in [0.15, 0.2) is 10.9 Å². The summed E-state index contributed by atoms with van der Waals surface area (Å²) in [7, 11) is 4.55. The van der Waals surface area contributed by atoms with E-state index in [1.54, 1.807) is 26.4 Å². The molecule has 37 heavy (non-hydrogen) atoms. The fraction of sp³-hybridized carbons (Fsp3) is 0.154. The minimum absolute atomic E-state index is 0.132. The quantitative estimate of drug-likeness (QED) is 0.235. The zero-order valence-electron chi connectivity index (χ0n) is 20.2. The molecule has 4 rings (SSSR count). The van der Waals surface area contributed by atoms with E-state index in [1.807, 2.05) is 42.5 Å². The van der Waals surface area contributed by atoms with Crippen molar-refractivity contribution in [1.29, 1.82) is 0 Å². The van der Waals surface area contributed by atoms with E-state index in [0.717, 1.165) is 22.9 Å². The summed E-state index contributed by atoms with van der Waals surface area (Å²) in [5, 5.41) is 14.2. The summed E-state index contributed by atoms with van der Waals surface area (Å²) in [6.07, 6.45) is 1.73. The van der Waals surface area contributed by atoms with Gasteiger partial charge >= 0.3 is 5.69 Å². The van der Waals surface area contributed by atoms with E-state index in [0.29, 0.717) is 39.6 Å². The van der Waals surface area contributed by atoms with Crippen molar-refractivity contribution in [2.24, 2.45) is 4.99 Å². The molecule has 11 heteroatoms. The molecule has 0 radical (unpaired) electrons. The number of thioether (sulfide) groups is 1. The number of methoxy groups -OCH3 is 3. The Kier molecular flexibility index (Phi) is 7.94. The lowest BCUT2D eigenvalue weighted by atomic mass is 10.2. The van der Waals surface area contributed by atoms with Crippen LogP contribution in [0.5, 0.6) is 23.0 Å². The minimum Gasteiger partial charge on any atom is -0.497 e. The highest BCUT2D eigenvalue weighted by atomic mass is 32.2. The number of carbonyl (C=O) groups is 1. The topological polar surface area (TPSA) is 122 Å². The van der Waals surface area contributed by atoms with Crippen molar-refractivity contribution >= 4 is 40.3 Å². The number of ether oxygens (including phenoxy) is 4. The number of hydrogen-bond donors (Lipinski definition) is 1. The van der Waals surface area contributed by atoms with Crippen LogP contribution in [-0.2, 0) is 11.4 Å². The van der Waals surface area contributed by atoms with Crippen LogP contribution in [-0.4, -0.2) is 37.3 Å². The van der Waals surface area contributed by atoms with Gasteiger partial charge in [-0.05, 0) is 65.9 Å². The number of nitro groups is 1. The molecular formula is C26H23N3O7S. The Morgan fingerprint density at radius 1 is 0.946 bits per heavy atom. The third-order valence-electron chi connectivity index (χ3n) is 5.30. The van der Waals surface area contributed by atoms with E-state index in [-0.39, 0.29) is 17.3 Å². The van der Waals surface area contributed by atoms with Crippen LogP contribution in [0.3, 0.4) is 0 Å². The Balaban J connectivity index is 1.43. The van der Waals surface area contributed by atoms with Crippen molar-refractivity contribution in [2.75, 3.05) is 21.3 Å². The Hall–Kier alpha value is -4.51. The third kappa shape index (κ3) is 6.19. The molecule has 1 amide bonds. The van der Waals surface area contributed by atoms with Gasteiger partial charge in [-0.15, -0.1) is 0 Å². The SMILES string of the molecule is COc1ccc(OC)c(COc2ccc(/C=C3\SC(=Nc4ccc(OC)c([N+](=O)[O-])c4)NC3=O)cc2)c1. The van der Waals surface area contributed by atoms with Gasteiger partial charge in [0.25, 0.3) is 5.91 Å². The van der Waals surface area contributed by atoms with Crippen LogP contribution in [0.25, 0.3) is 6.08 Å². The molecule has 1 aliphatic heterocycles.